The Balaban J connectivity index is 1.13. The highest BCUT2D eigenvalue weighted by Gasteiger charge is 2.25. The zero-order valence-corrected chi connectivity index (χ0v) is 35.7. The van der Waals surface area contributed by atoms with E-state index >= 15 is 0 Å². The van der Waals surface area contributed by atoms with Gasteiger partial charge in [-0.2, -0.15) is 0 Å². The summed E-state index contributed by atoms with van der Waals surface area (Å²) in [6, 6.07) is 76.1. The van der Waals surface area contributed by atoms with Crippen LogP contribution in [0.25, 0.3) is 136 Å². The van der Waals surface area contributed by atoms with Gasteiger partial charge in [-0.15, -0.1) is 11.3 Å². The van der Waals surface area contributed by atoms with Gasteiger partial charge in [-0.25, -0.2) is 9.97 Å². The van der Waals surface area contributed by atoms with Crippen LogP contribution in [0.5, 0.6) is 0 Å². The number of fused-ring (bicyclic) bond motifs is 12. The monoisotopic (exact) mass is 845 g/mol. The molecular weight excluding hydrogens is 811 g/mol. The van der Waals surface area contributed by atoms with Gasteiger partial charge in [0.05, 0.1) is 33.7 Å². The number of nitrogens with zero attached hydrogens (tertiary/aromatic N) is 3. The van der Waals surface area contributed by atoms with Crippen molar-refractivity contribution in [2.45, 2.75) is 0 Å². The van der Waals surface area contributed by atoms with Crippen molar-refractivity contribution < 1.29 is 4.42 Å². The van der Waals surface area contributed by atoms with Crippen molar-refractivity contribution >= 4 is 96.8 Å². The van der Waals surface area contributed by atoms with Crippen LogP contribution in [0, 0.1) is 0 Å². The van der Waals surface area contributed by atoms with E-state index in [1.165, 1.54) is 52.5 Å². The van der Waals surface area contributed by atoms with Crippen molar-refractivity contribution in [2.75, 3.05) is 0 Å². The molecule has 0 saturated heterocycles. The maximum Gasteiger partial charge on any atom is 0.160 e. The molecule has 4 aromatic heterocycles. The summed E-state index contributed by atoms with van der Waals surface area (Å²) in [6.45, 7) is 0. The molecule has 0 unspecified atom stereocenters. The average molecular weight is 846 g/mol. The van der Waals surface area contributed by atoms with Crippen LogP contribution < -0.4 is 0 Å². The third-order valence-corrected chi connectivity index (χ3v) is 14.3. The molecule has 65 heavy (non-hydrogen) atoms. The van der Waals surface area contributed by atoms with Gasteiger partial charge in [0.2, 0.25) is 0 Å². The second-order valence-corrected chi connectivity index (χ2v) is 17.9. The minimum absolute atomic E-state index is 0.644. The Morgan fingerprint density at radius 2 is 1.09 bits per heavy atom. The lowest BCUT2D eigenvalue weighted by Crippen LogP contribution is -2.01. The number of hydrogen-bond acceptors (Lipinski definition) is 4. The fourth-order valence-corrected chi connectivity index (χ4v) is 11.4. The number of benzene rings is 10. The van der Waals surface area contributed by atoms with Crippen LogP contribution in [0.4, 0.5) is 0 Å². The highest BCUT2D eigenvalue weighted by Crippen LogP contribution is 2.46. The van der Waals surface area contributed by atoms with Crippen molar-refractivity contribution in [1.82, 2.24) is 14.5 Å². The fraction of sp³-hybridized carbons (Fsp3) is 0. The second kappa shape index (κ2) is 14.1. The topological polar surface area (TPSA) is 43.9 Å². The average Bonchev–Trinajstić information content (AvgIpc) is 4.05. The maximum absolute atomic E-state index is 7.05. The molecule has 0 aliphatic heterocycles. The first-order chi connectivity index (χ1) is 32.2. The first-order valence-corrected chi connectivity index (χ1v) is 22.8. The van der Waals surface area contributed by atoms with Gasteiger partial charge in [-0.1, -0.05) is 152 Å². The molecule has 14 rings (SSSR count). The third-order valence-electron chi connectivity index (χ3n) is 13.2. The van der Waals surface area contributed by atoms with E-state index < -0.39 is 0 Å². The van der Waals surface area contributed by atoms with E-state index in [-0.39, 0.29) is 0 Å². The Morgan fingerprint density at radius 3 is 1.98 bits per heavy atom. The lowest BCUT2D eigenvalue weighted by Gasteiger charge is -2.17. The molecule has 5 heteroatoms. The molecule has 0 bridgehead atoms. The molecule has 0 aliphatic rings. The first-order valence-electron chi connectivity index (χ1n) is 22.0. The summed E-state index contributed by atoms with van der Waals surface area (Å²) >= 11 is 1.82. The smallest absolute Gasteiger partial charge is 0.160 e. The normalized spacial score (nSPS) is 12.0. The quantitative estimate of drug-likeness (QED) is 0.173. The van der Waals surface area contributed by atoms with Gasteiger partial charge in [-0.05, 0) is 93.3 Å². The molecule has 14 aromatic rings. The van der Waals surface area contributed by atoms with Crippen molar-refractivity contribution in [2.24, 2.45) is 0 Å². The Labute approximate surface area is 376 Å². The zero-order valence-electron chi connectivity index (χ0n) is 34.9. The molecule has 0 radical (unpaired) electrons. The summed E-state index contributed by atoms with van der Waals surface area (Å²) in [7, 11) is 0. The summed E-state index contributed by atoms with van der Waals surface area (Å²) < 4.78 is 12.0. The van der Waals surface area contributed by atoms with Crippen LogP contribution in [0.15, 0.2) is 217 Å². The Kier molecular flexibility index (Phi) is 7.82. The number of thiophene rings is 1. The Hall–Kier alpha value is -8.38. The largest absolute Gasteiger partial charge is 0.455 e. The summed E-state index contributed by atoms with van der Waals surface area (Å²) in [4.78, 5) is 11.1. The minimum atomic E-state index is 0.644. The summed E-state index contributed by atoms with van der Waals surface area (Å²) in [5, 5.41) is 11.8. The number of rotatable bonds is 5. The second-order valence-electron chi connectivity index (χ2n) is 16.9. The highest BCUT2D eigenvalue weighted by molar-refractivity contribution is 7.25. The van der Waals surface area contributed by atoms with Crippen LogP contribution in [-0.2, 0) is 0 Å². The highest BCUT2D eigenvalue weighted by atomic mass is 32.1. The van der Waals surface area contributed by atoms with Crippen LogP contribution in [0.3, 0.4) is 0 Å². The molecule has 302 valence electrons. The van der Waals surface area contributed by atoms with E-state index in [1.54, 1.807) is 0 Å². The SMILES string of the molecule is c1ccc(-c2cccc(-c3nc(-c4c(-n5c6cc7ccccc7cc6c6c7ccccc7ccc65)ccc5c4oc4ccccc45)cc(-c4cccc5sc6ccccc6c45)n3)c2)cc1. The molecule has 0 fully saturated rings. The standard InChI is InChI=1S/C60H35N3OS/c1-2-14-36(15-3-1)38-19-12-20-41(32-38)60-61-48(45-24-13-27-55-57(45)46-23-9-11-26-54(46)65-55)35-49(62-60)58-51(31-29-44-43-22-8-10-25-53(43)64-59(44)58)63-50-30-28-37-16-6-7-21-42(37)56(50)47-33-39-17-4-5-18-40(39)34-52(47)63/h1-35H. The third kappa shape index (κ3) is 5.56. The van der Waals surface area contributed by atoms with Crippen LogP contribution in [0.1, 0.15) is 0 Å². The molecule has 0 spiro atoms. The predicted octanol–water partition coefficient (Wildman–Crippen LogP) is 16.8. The van der Waals surface area contributed by atoms with Gasteiger partial charge < -0.3 is 8.98 Å². The number of hydrogen-bond donors (Lipinski definition) is 0. The van der Waals surface area contributed by atoms with E-state index in [0.29, 0.717) is 5.82 Å². The Morgan fingerprint density at radius 1 is 0.400 bits per heavy atom. The summed E-state index contributed by atoms with van der Waals surface area (Å²) in [5.41, 5.74) is 11.6. The predicted molar refractivity (Wildman–Crippen MR) is 273 cm³/mol. The van der Waals surface area contributed by atoms with Gasteiger partial charge in [0.1, 0.15) is 11.2 Å². The zero-order chi connectivity index (χ0) is 42.6. The van der Waals surface area contributed by atoms with E-state index in [9.17, 15) is 0 Å². The van der Waals surface area contributed by atoms with E-state index in [0.717, 1.165) is 77.9 Å². The molecular formula is C60H35N3OS. The van der Waals surface area contributed by atoms with Gasteiger partial charge in [0.15, 0.2) is 5.82 Å². The van der Waals surface area contributed by atoms with E-state index in [4.69, 9.17) is 14.4 Å². The number of furan rings is 1. The van der Waals surface area contributed by atoms with Gasteiger partial charge in [-0.3, -0.25) is 0 Å². The molecule has 10 aromatic carbocycles. The van der Waals surface area contributed by atoms with E-state index in [1.807, 2.05) is 17.4 Å². The van der Waals surface area contributed by atoms with Crippen molar-refractivity contribution in [3.05, 3.63) is 212 Å². The fourth-order valence-electron chi connectivity index (χ4n) is 10.2. The van der Waals surface area contributed by atoms with Gasteiger partial charge in [0, 0.05) is 52.8 Å². The van der Waals surface area contributed by atoms with Crippen molar-refractivity contribution in [3.8, 4) is 50.7 Å². The van der Waals surface area contributed by atoms with E-state index in [2.05, 4.69) is 211 Å². The van der Waals surface area contributed by atoms with Crippen LogP contribution in [0.2, 0.25) is 0 Å². The minimum Gasteiger partial charge on any atom is -0.455 e. The lowest BCUT2D eigenvalue weighted by molar-refractivity contribution is 0.669. The molecule has 0 atom stereocenters. The maximum atomic E-state index is 7.05. The summed E-state index contributed by atoms with van der Waals surface area (Å²) in [5.74, 6) is 0.644. The lowest BCUT2D eigenvalue weighted by atomic mass is 9.99. The summed E-state index contributed by atoms with van der Waals surface area (Å²) in [6.07, 6.45) is 0. The molecule has 0 N–H and O–H groups in total. The molecule has 0 saturated carbocycles. The first kappa shape index (κ1) is 36.1. The molecule has 4 heterocycles. The van der Waals surface area contributed by atoms with Crippen molar-refractivity contribution in [1.29, 1.82) is 0 Å². The number of para-hydroxylation sites is 1. The van der Waals surface area contributed by atoms with Crippen LogP contribution >= 0.6 is 11.3 Å². The molecule has 0 aliphatic carbocycles. The number of aromatic nitrogens is 3. The molecule has 0 amide bonds. The Bertz CT molecular complexity index is 4250. The van der Waals surface area contributed by atoms with Gasteiger partial charge >= 0.3 is 0 Å². The molecule has 4 nitrogen and oxygen atoms in total. The van der Waals surface area contributed by atoms with Gasteiger partial charge in [0.25, 0.3) is 0 Å². The van der Waals surface area contributed by atoms with Crippen LogP contribution in [-0.4, -0.2) is 14.5 Å². The van der Waals surface area contributed by atoms with Crippen molar-refractivity contribution in [3.63, 3.8) is 0 Å².